The van der Waals surface area contributed by atoms with Crippen molar-refractivity contribution in [1.82, 2.24) is 9.21 Å². The SMILES string of the molecule is CN1C(=O)c2ccc(NC(=O)c3cc(S(=O)(=O)N4CCOCC4)c(Cl)cc3Cl)cc2C1=O. The number of morpholine rings is 1. The van der Waals surface area contributed by atoms with Crippen molar-refractivity contribution in [2.24, 2.45) is 0 Å². The monoisotopic (exact) mass is 497 g/mol. The van der Waals surface area contributed by atoms with Gasteiger partial charge in [-0.05, 0) is 30.3 Å². The summed E-state index contributed by atoms with van der Waals surface area (Å²) in [5.41, 5.74) is 0.531. The van der Waals surface area contributed by atoms with Crippen molar-refractivity contribution in [3.05, 3.63) is 57.1 Å². The second-order valence-electron chi connectivity index (χ2n) is 7.16. The number of imide groups is 1. The number of amides is 3. The molecule has 4 rings (SSSR count). The van der Waals surface area contributed by atoms with Gasteiger partial charge in [0.25, 0.3) is 17.7 Å². The lowest BCUT2D eigenvalue weighted by atomic mass is 10.1. The van der Waals surface area contributed by atoms with E-state index in [0.717, 1.165) is 11.0 Å². The van der Waals surface area contributed by atoms with Gasteiger partial charge >= 0.3 is 0 Å². The minimum absolute atomic E-state index is 0.0411. The molecule has 1 fully saturated rings. The fourth-order valence-corrected chi connectivity index (χ4v) is 5.71. The molecule has 0 aromatic heterocycles. The molecule has 9 nitrogen and oxygen atoms in total. The third-order valence-corrected chi connectivity index (χ3v) is 7.88. The van der Waals surface area contributed by atoms with Gasteiger partial charge in [0.1, 0.15) is 4.90 Å². The Morgan fingerprint density at radius 3 is 2.34 bits per heavy atom. The van der Waals surface area contributed by atoms with E-state index in [2.05, 4.69) is 5.32 Å². The largest absolute Gasteiger partial charge is 0.379 e. The molecule has 2 aliphatic rings. The van der Waals surface area contributed by atoms with Crippen LogP contribution < -0.4 is 5.32 Å². The third kappa shape index (κ3) is 3.89. The second kappa shape index (κ2) is 8.45. The smallest absolute Gasteiger partial charge is 0.261 e. The van der Waals surface area contributed by atoms with Crippen LogP contribution in [0, 0.1) is 0 Å². The van der Waals surface area contributed by atoms with Gasteiger partial charge in [-0.3, -0.25) is 19.3 Å². The van der Waals surface area contributed by atoms with Crippen molar-refractivity contribution in [1.29, 1.82) is 0 Å². The van der Waals surface area contributed by atoms with E-state index in [0.29, 0.717) is 0 Å². The van der Waals surface area contributed by atoms with Crippen LogP contribution in [0.2, 0.25) is 10.0 Å². The van der Waals surface area contributed by atoms with Crippen molar-refractivity contribution in [3.8, 4) is 0 Å². The predicted molar refractivity (Wildman–Crippen MR) is 117 cm³/mol. The van der Waals surface area contributed by atoms with Gasteiger partial charge in [-0.25, -0.2) is 8.42 Å². The van der Waals surface area contributed by atoms with E-state index in [4.69, 9.17) is 27.9 Å². The number of halogens is 2. The Bertz CT molecular complexity index is 1260. The molecular formula is C20H17Cl2N3O6S. The Morgan fingerprint density at radius 2 is 1.66 bits per heavy atom. The molecule has 0 bridgehead atoms. The van der Waals surface area contributed by atoms with E-state index < -0.39 is 27.7 Å². The van der Waals surface area contributed by atoms with Crippen molar-refractivity contribution in [3.63, 3.8) is 0 Å². The van der Waals surface area contributed by atoms with Gasteiger partial charge < -0.3 is 10.1 Å². The average Bonchev–Trinajstić information content (AvgIpc) is 2.98. The molecule has 12 heteroatoms. The summed E-state index contributed by atoms with van der Waals surface area (Å²) >= 11 is 12.3. The quantitative estimate of drug-likeness (QED) is 0.649. The lowest BCUT2D eigenvalue weighted by Crippen LogP contribution is -2.40. The number of anilines is 1. The zero-order valence-corrected chi connectivity index (χ0v) is 19.1. The summed E-state index contributed by atoms with van der Waals surface area (Å²) in [5, 5.41) is 2.43. The van der Waals surface area contributed by atoms with E-state index in [-0.39, 0.29) is 63.6 Å². The standard InChI is InChI=1S/C20H17Cl2N3O6S/c1-24-19(27)12-3-2-11(8-13(12)20(24)28)23-18(26)14-9-17(16(22)10-15(14)21)32(29,30)25-4-6-31-7-5-25/h2-3,8-10H,4-7H2,1H3,(H,23,26). The first-order valence-electron chi connectivity index (χ1n) is 9.46. The molecule has 168 valence electrons. The third-order valence-electron chi connectivity index (χ3n) is 5.20. The summed E-state index contributed by atoms with van der Waals surface area (Å²) in [7, 11) is -2.60. The Labute approximate surface area is 193 Å². The van der Waals surface area contributed by atoms with Crippen LogP contribution in [0.4, 0.5) is 5.69 Å². The first-order chi connectivity index (χ1) is 15.1. The molecule has 2 heterocycles. The molecule has 0 radical (unpaired) electrons. The minimum Gasteiger partial charge on any atom is -0.379 e. The first kappa shape index (κ1) is 22.7. The lowest BCUT2D eigenvalue weighted by Gasteiger charge is -2.26. The Morgan fingerprint density at radius 1 is 1.00 bits per heavy atom. The Balaban J connectivity index is 1.65. The lowest BCUT2D eigenvalue weighted by molar-refractivity contribution is 0.0692. The maximum atomic E-state index is 13.0. The topological polar surface area (TPSA) is 113 Å². The van der Waals surface area contributed by atoms with E-state index in [1.54, 1.807) is 0 Å². The van der Waals surface area contributed by atoms with Crippen LogP contribution in [0.15, 0.2) is 35.2 Å². The number of benzene rings is 2. The summed E-state index contributed by atoms with van der Waals surface area (Å²) in [5.74, 6) is -1.61. The maximum absolute atomic E-state index is 13.0. The minimum atomic E-state index is -3.97. The highest BCUT2D eigenvalue weighted by Gasteiger charge is 2.33. The highest BCUT2D eigenvalue weighted by molar-refractivity contribution is 7.89. The van der Waals surface area contributed by atoms with Gasteiger partial charge in [-0.1, -0.05) is 23.2 Å². The number of hydrogen-bond acceptors (Lipinski definition) is 6. The average molecular weight is 498 g/mol. The fraction of sp³-hybridized carbons (Fsp3) is 0.250. The van der Waals surface area contributed by atoms with Crippen LogP contribution in [0.5, 0.6) is 0 Å². The molecule has 1 N–H and O–H groups in total. The van der Waals surface area contributed by atoms with Crippen molar-refractivity contribution in [2.45, 2.75) is 4.90 Å². The molecule has 2 aromatic carbocycles. The van der Waals surface area contributed by atoms with Crippen molar-refractivity contribution in [2.75, 3.05) is 38.7 Å². The van der Waals surface area contributed by atoms with Gasteiger partial charge in [0.05, 0.1) is 39.9 Å². The number of sulfonamides is 1. The van der Waals surface area contributed by atoms with Crippen molar-refractivity contribution < 1.29 is 27.5 Å². The number of hydrogen-bond donors (Lipinski definition) is 1. The van der Waals surface area contributed by atoms with Gasteiger partial charge in [0.2, 0.25) is 10.0 Å². The number of nitrogens with zero attached hydrogens (tertiary/aromatic N) is 2. The van der Waals surface area contributed by atoms with Crippen LogP contribution in [0.1, 0.15) is 31.1 Å². The van der Waals surface area contributed by atoms with Crippen LogP contribution in [0.3, 0.4) is 0 Å². The van der Waals surface area contributed by atoms with E-state index in [9.17, 15) is 22.8 Å². The molecule has 3 amide bonds. The molecule has 0 saturated carbocycles. The summed E-state index contributed by atoms with van der Waals surface area (Å²) in [6, 6.07) is 6.61. The summed E-state index contributed by atoms with van der Waals surface area (Å²) in [6.07, 6.45) is 0. The van der Waals surface area contributed by atoms with Gasteiger partial charge in [-0.2, -0.15) is 4.31 Å². The summed E-state index contributed by atoms with van der Waals surface area (Å²) < 4.78 is 32.4. The second-order valence-corrected chi connectivity index (χ2v) is 9.88. The molecule has 1 saturated heterocycles. The number of ether oxygens (including phenoxy) is 1. The normalized spacial score (nSPS) is 16.9. The maximum Gasteiger partial charge on any atom is 0.261 e. The van der Waals surface area contributed by atoms with Crippen LogP contribution in [-0.2, 0) is 14.8 Å². The molecule has 0 aliphatic carbocycles. The Kier molecular flexibility index (Phi) is 5.99. The number of nitrogens with one attached hydrogen (secondary N) is 1. The van der Waals surface area contributed by atoms with Gasteiger partial charge in [0, 0.05) is 25.8 Å². The van der Waals surface area contributed by atoms with Gasteiger partial charge in [-0.15, -0.1) is 0 Å². The van der Waals surface area contributed by atoms with Crippen LogP contribution in [0.25, 0.3) is 0 Å². The molecule has 2 aliphatic heterocycles. The molecule has 2 aromatic rings. The highest BCUT2D eigenvalue weighted by atomic mass is 35.5. The van der Waals surface area contributed by atoms with Crippen molar-refractivity contribution >= 4 is 56.6 Å². The predicted octanol–water partition coefficient (Wildman–Crippen LogP) is 2.49. The summed E-state index contributed by atoms with van der Waals surface area (Å²) in [4.78, 5) is 37.8. The molecular weight excluding hydrogens is 481 g/mol. The zero-order chi connectivity index (χ0) is 23.2. The van der Waals surface area contributed by atoms with Crippen LogP contribution in [-0.4, -0.2) is 68.7 Å². The summed E-state index contributed by atoms with van der Waals surface area (Å²) in [6.45, 7) is 0.845. The van der Waals surface area contributed by atoms with Crippen LogP contribution >= 0.6 is 23.2 Å². The highest BCUT2D eigenvalue weighted by Crippen LogP contribution is 2.32. The first-order valence-corrected chi connectivity index (χ1v) is 11.7. The zero-order valence-electron chi connectivity index (χ0n) is 16.7. The van der Waals surface area contributed by atoms with E-state index in [1.165, 1.54) is 35.6 Å². The number of rotatable bonds is 4. The molecule has 0 atom stereocenters. The van der Waals surface area contributed by atoms with E-state index in [1.807, 2.05) is 0 Å². The molecule has 0 spiro atoms. The molecule has 32 heavy (non-hydrogen) atoms. The number of carbonyl (C=O) groups excluding carboxylic acids is 3. The fourth-order valence-electron chi connectivity index (χ4n) is 3.46. The Hall–Kier alpha value is -2.50. The van der Waals surface area contributed by atoms with E-state index >= 15 is 0 Å². The number of fused-ring (bicyclic) bond motifs is 1. The molecule has 0 unspecified atom stereocenters. The van der Waals surface area contributed by atoms with Gasteiger partial charge in [0.15, 0.2) is 0 Å². The number of carbonyl (C=O) groups is 3.